The number of hydrogen-bond acceptors (Lipinski definition) is 9. The molecule has 1 aromatic carbocycles. The Bertz CT molecular complexity index is 1160. The van der Waals surface area contributed by atoms with E-state index in [0.29, 0.717) is 16.3 Å². The number of hydrogen-bond donors (Lipinski definition) is 1. The molecule has 1 unspecified atom stereocenters. The Morgan fingerprint density at radius 1 is 1.15 bits per heavy atom. The highest BCUT2D eigenvalue weighted by molar-refractivity contribution is 7.17. The number of tetrazole rings is 1. The van der Waals surface area contributed by atoms with Crippen LogP contribution in [-0.4, -0.2) is 50.8 Å². The minimum atomic E-state index is -1.06. The molecule has 10 nitrogen and oxygen atoms in total. The maximum atomic E-state index is 12.8. The van der Waals surface area contributed by atoms with E-state index in [1.54, 1.807) is 31.2 Å². The van der Waals surface area contributed by atoms with Gasteiger partial charge in [-0.1, -0.05) is 0 Å². The van der Waals surface area contributed by atoms with E-state index in [4.69, 9.17) is 9.47 Å². The van der Waals surface area contributed by atoms with Gasteiger partial charge in [0.25, 0.3) is 5.91 Å². The van der Waals surface area contributed by atoms with E-state index in [1.165, 1.54) is 29.3 Å². The van der Waals surface area contributed by atoms with Crippen molar-refractivity contribution in [2.45, 2.75) is 45.6 Å². The molecule has 2 aromatic heterocycles. The first-order chi connectivity index (χ1) is 16.0. The Kier molecular flexibility index (Phi) is 6.78. The molecule has 0 spiro atoms. The van der Waals surface area contributed by atoms with Crippen LogP contribution in [0.4, 0.5) is 5.00 Å². The molecule has 172 valence electrons. The number of aromatic nitrogens is 4. The van der Waals surface area contributed by atoms with Crippen LogP contribution in [0, 0.1) is 0 Å². The van der Waals surface area contributed by atoms with Gasteiger partial charge in [0.2, 0.25) is 0 Å². The summed E-state index contributed by atoms with van der Waals surface area (Å²) in [7, 11) is 0. The number of carbonyl (C=O) groups is 3. The van der Waals surface area contributed by atoms with Gasteiger partial charge in [0.15, 0.2) is 6.10 Å². The molecule has 1 amide bonds. The summed E-state index contributed by atoms with van der Waals surface area (Å²) in [4.78, 5) is 38.9. The minimum absolute atomic E-state index is 0.247. The summed E-state index contributed by atoms with van der Waals surface area (Å²) in [6, 6.07) is 6.46. The SMILES string of the molecule is CCOC(=O)c1c(NC(=O)C(C)OC(=O)c2ccc(-n3cnnn3)cc2)sc2c1CCCC2. The van der Waals surface area contributed by atoms with E-state index in [-0.39, 0.29) is 12.2 Å². The van der Waals surface area contributed by atoms with Crippen LogP contribution in [0.15, 0.2) is 30.6 Å². The van der Waals surface area contributed by atoms with Crippen molar-refractivity contribution in [1.29, 1.82) is 0 Å². The summed E-state index contributed by atoms with van der Waals surface area (Å²) in [5, 5.41) is 14.1. The quantitative estimate of drug-likeness (QED) is 0.524. The molecule has 33 heavy (non-hydrogen) atoms. The molecule has 3 aromatic rings. The van der Waals surface area contributed by atoms with E-state index < -0.39 is 23.9 Å². The molecule has 0 radical (unpaired) electrons. The van der Waals surface area contributed by atoms with Gasteiger partial charge in [-0.15, -0.1) is 16.4 Å². The number of esters is 2. The zero-order valence-electron chi connectivity index (χ0n) is 18.2. The molecule has 0 saturated heterocycles. The molecule has 0 bridgehead atoms. The lowest BCUT2D eigenvalue weighted by atomic mass is 9.95. The smallest absolute Gasteiger partial charge is 0.341 e. The van der Waals surface area contributed by atoms with Crippen LogP contribution in [0.5, 0.6) is 0 Å². The van der Waals surface area contributed by atoms with Gasteiger partial charge in [0.1, 0.15) is 11.3 Å². The standard InChI is InChI=1S/C22H23N5O5S/c1-3-31-22(30)18-16-6-4-5-7-17(16)33-20(18)24-19(28)13(2)32-21(29)14-8-10-15(11-9-14)27-12-23-25-26-27/h8-13H,3-7H2,1-2H3,(H,24,28). The van der Waals surface area contributed by atoms with Gasteiger partial charge in [-0.05, 0) is 79.8 Å². The van der Waals surface area contributed by atoms with Gasteiger partial charge in [0.05, 0.1) is 23.4 Å². The first-order valence-corrected chi connectivity index (χ1v) is 11.5. The molecule has 4 rings (SSSR count). The summed E-state index contributed by atoms with van der Waals surface area (Å²) < 4.78 is 12.0. The fourth-order valence-electron chi connectivity index (χ4n) is 3.60. The summed E-state index contributed by atoms with van der Waals surface area (Å²) in [5.74, 6) is -1.60. The zero-order chi connectivity index (χ0) is 23.4. The Balaban J connectivity index is 1.44. The van der Waals surface area contributed by atoms with Crippen molar-refractivity contribution in [3.8, 4) is 5.69 Å². The monoisotopic (exact) mass is 469 g/mol. The van der Waals surface area contributed by atoms with E-state index >= 15 is 0 Å². The third-order valence-electron chi connectivity index (χ3n) is 5.26. The van der Waals surface area contributed by atoms with Crippen LogP contribution in [0.25, 0.3) is 5.69 Å². The maximum absolute atomic E-state index is 12.8. The Labute approximate surface area is 193 Å². The predicted octanol–water partition coefficient (Wildman–Crippen LogP) is 2.96. The third kappa shape index (κ3) is 4.92. The number of nitrogens with one attached hydrogen (secondary N) is 1. The maximum Gasteiger partial charge on any atom is 0.341 e. The van der Waals surface area contributed by atoms with E-state index in [1.807, 2.05) is 0 Å². The molecule has 2 heterocycles. The lowest BCUT2D eigenvalue weighted by Gasteiger charge is -2.14. The summed E-state index contributed by atoms with van der Waals surface area (Å²) in [6.45, 7) is 3.48. The summed E-state index contributed by atoms with van der Waals surface area (Å²) in [5.41, 5.74) is 2.33. The first kappa shape index (κ1) is 22.6. The van der Waals surface area contributed by atoms with Crippen LogP contribution < -0.4 is 5.32 Å². The highest BCUT2D eigenvalue weighted by atomic mass is 32.1. The lowest BCUT2D eigenvalue weighted by molar-refractivity contribution is -0.123. The topological polar surface area (TPSA) is 125 Å². The third-order valence-corrected chi connectivity index (χ3v) is 6.46. The normalized spacial score (nSPS) is 13.6. The number of amides is 1. The molecule has 0 fully saturated rings. The van der Waals surface area contributed by atoms with Crippen molar-refractivity contribution in [3.05, 3.63) is 52.2 Å². The molecular weight excluding hydrogens is 446 g/mol. The molecule has 1 N–H and O–H groups in total. The van der Waals surface area contributed by atoms with Gasteiger partial charge >= 0.3 is 11.9 Å². The highest BCUT2D eigenvalue weighted by Crippen LogP contribution is 2.38. The summed E-state index contributed by atoms with van der Waals surface area (Å²) >= 11 is 1.39. The number of rotatable bonds is 7. The summed E-state index contributed by atoms with van der Waals surface area (Å²) in [6.07, 6.45) is 4.06. The minimum Gasteiger partial charge on any atom is -0.462 e. The van der Waals surface area contributed by atoms with Crippen LogP contribution >= 0.6 is 11.3 Å². The molecular formula is C22H23N5O5S. The lowest BCUT2D eigenvalue weighted by Crippen LogP contribution is -2.30. The van der Waals surface area contributed by atoms with E-state index in [9.17, 15) is 14.4 Å². The molecule has 1 aliphatic carbocycles. The number of aryl methyl sites for hydroxylation is 1. The average molecular weight is 470 g/mol. The second kappa shape index (κ2) is 9.90. The number of thiophene rings is 1. The number of fused-ring (bicyclic) bond motifs is 1. The van der Waals surface area contributed by atoms with Gasteiger partial charge in [-0.3, -0.25) is 4.79 Å². The first-order valence-electron chi connectivity index (χ1n) is 10.6. The average Bonchev–Trinajstić information content (AvgIpc) is 3.47. The van der Waals surface area contributed by atoms with Crippen molar-refractivity contribution in [3.63, 3.8) is 0 Å². The molecule has 11 heteroatoms. The Morgan fingerprint density at radius 3 is 2.61 bits per heavy atom. The number of nitrogens with zero attached hydrogens (tertiary/aromatic N) is 4. The van der Waals surface area contributed by atoms with Crippen molar-refractivity contribution in [2.24, 2.45) is 0 Å². The van der Waals surface area contributed by atoms with Crippen molar-refractivity contribution in [1.82, 2.24) is 20.2 Å². The Hall–Kier alpha value is -3.60. The molecule has 0 aliphatic heterocycles. The fraction of sp³-hybridized carbons (Fsp3) is 0.364. The number of anilines is 1. The predicted molar refractivity (Wildman–Crippen MR) is 120 cm³/mol. The second-order valence-electron chi connectivity index (χ2n) is 7.47. The van der Waals surface area contributed by atoms with Gasteiger partial charge in [-0.25, -0.2) is 14.3 Å². The molecule has 1 atom stereocenters. The number of carbonyl (C=O) groups excluding carboxylic acids is 3. The van der Waals surface area contributed by atoms with Crippen LogP contribution in [0.3, 0.4) is 0 Å². The van der Waals surface area contributed by atoms with E-state index in [0.717, 1.165) is 36.1 Å². The van der Waals surface area contributed by atoms with Crippen molar-refractivity contribution in [2.75, 3.05) is 11.9 Å². The fourth-order valence-corrected chi connectivity index (χ4v) is 4.88. The van der Waals surface area contributed by atoms with Crippen molar-refractivity contribution >= 4 is 34.2 Å². The number of benzene rings is 1. The van der Waals surface area contributed by atoms with Crippen LogP contribution in [0.1, 0.15) is 57.8 Å². The largest absolute Gasteiger partial charge is 0.462 e. The van der Waals surface area contributed by atoms with Crippen LogP contribution in [-0.2, 0) is 27.1 Å². The van der Waals surface area contributed by atoms with E-state index in [2.05, 4.69) is 20.8 Å². The second-order valence-corrected chi connectivity index (χ2v) is 8.58. The van der Waals surface area contributed by atoms with Crippen molar-refractivity contribution < 1.29 is 23.9 Å². The highest BCUT2D eigenvalue weighted by Gasteiger charge is 2.29. The van der Waals surface area contributed by atoms with Gasteiger partial charge in [0, 0.05) is 4.88 Å². The van der Waals surface area contributed by atoms with Crippen LogP contribution in [0.2, 0.25) is 0 Å². The van der Waals surface area contributed by atoms with Gasteiger partial charge in [-0.2, -0.15) is 0 Å². The van der Waals surface area contributed by atoms with Gasteiger partial charge < -0.3 is 14.8 Å². The molecule has 0 saturated carbocycles. The zero-order valence-corrected chi connectivity index (χ0v) is 19.1. The molecule has 1 aliphatic rings. The number of ether oxygens (including phenoxy) is 2. The Morgan fingerprint density at radius 2 is 1.91 bits per heavy atom.